The molecule has 2 aliphatic rings. The molecular formula is C26H30FN3O4. The molecule has 3 aromatic rings. The number of rotatable bonds is 8. The van der Waals surface area contributed by atoms with E-state index in [1.165, 1.54) is 20.1 Å². The van der Waals surface area contributed by atoms with Crippen molar-refractivity contribution in [2.75, 3.05) is 13.7 Å². The first kappa shape index (κ1) is 22.6. The van der Waals surface area contributed by atoms with Crippen molar-refractivity contribution in [2.24, 2.45) is 13.0 Å². The highest BCUT2D eigenvalue weighted by molar-refractivity contribution is 6.05. The SMILES string of the molecule is CCc1c(-c2c(F)ccc3c(CCCOC(C)=O)c(C(=O)OC)n(C)c23)c(C)nn1C12CC1C2. The van der Waals surface area contributed by atoms with E-state index in [4.69, 9.17) is 14.6 Å². The number of nitrogens with zero attached hydrogens (tertiary/aromatic N) is 3. The highest BCUT2D eigenvalue weighted by Gasteiger charge is 2.72. The largest absolute Gasteiger partial charge is 0.466 e. The van der Waals surface area contributed by atoms with Crippen molar-refractivity contribution in [1.82, 2.24) is 14.3 Å². The van der Waals surface area contributed by atoms with Crippen LogP contribution in [-0.2, 0) is 39.7 Å². The fourth-order valence-corrected chi connectivity index (χ4v) is 5.53. The minimum atomic E-state index is -0.478. The summed E-state index contributed by atoms with van der Waals surface area (Å²) in [5.74, 6) is -0.458. The Bertz CT molecular complexity index is 1330. The number of hydrogen-bond donors (Lipinski definition) is 0. The Morgan fingerprint density at radius 3 is 2.56 bits per heavy atom. The Balaban J connectivity index is 1.70. The Labute approximate surface area is 197 Å². The number of aryl methyl sites for hydroxylation is 3. The van der Waals surface area contributed by atoms with E-state index >= 15 is 4.39 Å². The smallest absolute Gasteiger partial charge is 0.354 e. The van der Waals surface area contributed by atoms with Crippen LogP contribution in [0.2, 0.25) is 0 Å². The van der Waals surface area contributed by atoms with Crippen LogP contribution in [-0.4, -0.2) is 40.0 Å². The summed E-state index contributed by atoms with van der Waals surface area (Å²) in [4.78, 5) is 24.0. The normalized spacial score (nSPS) is 20.4. The summed E-state index contributed by atoms with van der Waals surface area (Å²) in [5, 5.41) is 5.67. The maximum atomic E-state index is 15.6. The van der Waals surface area contributed by atoms with E-state index in [1.807, 2.05) is 6.92 Å². The lowest BCUT2D eigenvalue weighted by Crippen LogP contribution is -2.12. The lowest BCUT2D eigenvalue weighted by Gasteiger charge is -2.13. The lowest BCUT2D eigenvalue weighted by molar-refractivity contribution is -0.141. The monoisotopic (exact) mass is 467 g/mol. The van der Waals surface area contributed by atoms with Gasteiger partial charge in [0.2, 0.25) is 0 Å². The zero-order valence-electron chi connectivity index (χ0n) is 20.3. The number of carbonyl (C=O) groups is 2. The van der Waals surface area contributed by atoms with Crippen LogP contribution in [0, 0.1) is 18.7 Å². The third-order valence-electron chi connectivity index (χ3n) is 7.47. The summed E-state index contributed by atoms with van der Waals surface area (Å²) in [5.41, 5.74) is 5.09. The Hall–Kier alpha value is -3.16. The number of halogens is 1. The number of methoxy groups -OCH3 is 1. The minimum Gasteiger partial charge on any atom is -0.466 e. The zero-order chi connectivity index (χ0) is 24.4. The molecule has 2 saturated carbocycles. The summed E-state index contributed by atoms with van der Waals surface area (Å²) in [6.07, 6.45) is 4.07. The van der Waals surface area contributed by atoms with Crippen molar-refractivity contribution >= 4 is 22.8 Å². The summed E-state index contributed by atoms with van der Waals surface area (Å²) < 4.78 is 29.7. The number of hydrogen-bond acceptors (Lipinski definition) is 5. The maximum Gasteiger partial charge on any atom is 0.354 e. The molecule has 1 aromatic carbocycles. The van der Waals surface area contributed by atoms with Gasteiger partial charge in [-0.3, -0.25) is 9.48 Å². The number of ether oxygens (including phenoxy) is 2. The van der Waals surface area contributed by atoms with Crippen LogP contribution in [0.1, 0.15) is 60.5 Å². The first-order valence-corrected chi connectivity index (χ1v) is 11.9. The highest BCUT2D eigenvalue weighted by atomic mass is 19.1. The average molecular weight is 468 g/mol. The minimum absolute atomic E-state index is 0.145. The molecule has 2 fully saturated rings. The van der Waals surface area contributed by atoms with Crippen LogP contribution in [0.4, 0.5) is 4.39 Å². The van der Waals surface area contributed by atoms with E-state index in [0.29, 0.717) is 35.5 Å². The van der Waals surface area contributed by atoms with Gasteiger partial charge in [-0.15, -0.1) is 0 Å². The molecule has 0 aliphatic heterocycles. The number of fused-ring (bicyclic) bond motifs is 2. The predicted molar refractivity (Wildman–Crippen MR) is 125 cm³/mol. The fraction of sp³-hybridized carbons (Fsp3) is 0.500. The number of aromatic nitrogens is 3. The molecule has 0 atom stereocenters. The van der Waals surface area contributed by atoms with Crippen molar-refractivity contribution in [2.45, 2.75) is 58.4 Å². The topological polar surface area (TPSA) is 75.4 Å². The van der Waals surface area contributed by atoms with Crippen molar-refractivity contribution in [3.8, 4) is 11.1 Å². The van der Waals surface area contributed by atoms with Crippen molar-refractivity contribution in [3.05, 3.63) is 40.6 Å². The number of benzene rings is 1. The molecule has 0 radical (unpaired) electrons. The van der Waals surface area contributed by atoms with Crippen LogP contribution in [0.25, 0.3) is 22.0 Å². The third kappa shape index (κ3) is 3.26. The van der Waals surface area contributed by atoms with Crippen LogP contribution < -0.4 is 0 Å². The molecule has 0 bridgehead atoms. The molecule has 8 heteroatoms. The van der Waals surface area contributed by atoms with Crippen LogP contribution in [0.3, 0.4) is 0 Å². The van der Waals surface area contributed by atoms with Gasteiger partial charge in [0.15, 0.2) is 0 Å². The van der Waals surface area contributed by atoms with E-state index in [9.17, 15) is 9.59 Å². The maximum absolute atomic E-state index is 15.6. The molecule has 2 aliphatic carbocycles. The van der Waals surface area contributed by atoms with Gasteiger partial charge in [-0.1, -0.05) is 6.92 Å². The molecule has 0 unspecified atom stereocenters. The molecule has 0 spiro atoms. The van der Waals surface area contributed by atoms with Gasteiger partial charge in [0.05, 0.1) is 30.5 Å². The third-order valence-corrected chi connectivity index (χ3v) is 7.47. The van der Waals surface area contributed by atoms with Gasteiger partial charge in [-0.25, -0.2) is 9.18 Å². The van der Waals surface area contributed by atoms with Gasteiger partial charge in [0.25, 0.3) is 0 Å². The summed E-state index contributed by atoms with van der Waals surface area (Å²) in [6, 6.07) is 3.20. The van der Waals surface area contributed by atoms with Crippen LogP contribution in [0.15, 0.2) is 12.1 Å². The van der Waals surface area contributed by atoms with E-state index in [-0.39, 0.29) is 23.9 Å². The van der Waals surface area contributed by atoms with Gasteiger partial charge in [-0.2, -0.15) is 5.10 Å². The Kier molecular flexibility index (Phi) is 5.30. The zero-order valence-corrected chi connectivity index (χ0v) is 20.3. The molecule has 180 valence electrons. The van der Waals surface area contributed by atoms with Crippen LogP contribution in [0.5, 0.6) is 0 Å². The van der Waals surface area contributed by atoms with Crippen molar-refractivity contribution in [3.63, 3.8) is 0 Å². The summed E-state index contributed by atoms with van der Waals surface area (Å²) in [7, 11) is 3.11. The van der Waals surface area contributed by atoms with Crippen molar-refractivity contribution in [1.29, 1.82) is 0 Å². The predicted octanol–water partition coefficient (Wildman–Crippen LogP) is 4.45. The Morgan fingerprint density at radius 1 is 1.26 bits per heavy atom. The molecule has 0 saturated heterocycles. The second-order valence-electron chi connectivity index (χ2n) is 9.52. The second kappa shape index (κ2) is 7.96. The molecule has 0 N–H and O–H groups in total. The molecule has 7 nitrogen and oxygen atoms in total. The number of esters is 2. The van der Waals surface area contributed by atoms with Gasteiger partial charge in [0.1, 0.15) is 11.5 Å². The second-order valence-corrected chi connectivity index (χ2v) is 9.52. The van der Waals surface area contributed by atoms with Gasteiger partial charge < -0.3 is 14.0 Å². The lowest BCUT2D eigenvalue weighted by atomic mass is 9.97. The molecule has 2 heterocycles. The average Bonchev–Trinajstić information content (AvgIpc) is 3.62. The fourth-order valence-electron chi connectivity index (χ4n) is 5.53. The molecule has 5 rings (SSSR count). The van der Waals surface area contributed by atoms with Crippen molar-refractivity contribution < 1.29 is 23.5 Å². The first-order valence-electron chi connectivity index (χ1n) is 11.9. The molecule has 34 heavy (non-hydrogen) atoms. The quantitative estimate of drug-likeness (QED) is 0.361. The van der Waals surface area contributed by atoms with Gasteiger partial charge in [0, 0.05) is 36.2 Å². The van der Waals surface area contributed by atoms with E-state index in [1.54, 1.807) is 17.7 Å². The molecule has 0 amide bonds. The summed E-state index contributed by atoms with van der Waals surface area (Å²) in [6.45, 7) is 5.63. The standard InChI is InChI=1S/C26H30FN3O4/c1-6-20-21(14(2)28-30(20)26-12-16(26)13-26)22-19(27)10-9-18-17(8-7-11-34-15(3)31)24(25(32)33-5)29(4)23(18)22/h9-10,16H,6-8,11-13H2,1-5H3. The first-order chi connectivity index (χ1) is 16.2. The van der Waals surface area contributed by atoms with E-state index < -0.39 is 5.97 Å². The summed E-state index contributed by atoms with van der Waals surface area (Å²) >= 11 is 0. The van der Waals surface area contributed by atoms with Gasteiger partial charge >= 0.3 is 11.9 Å². The molecular weight excluding hydrogens is 437 g/mol. The van der Waals surface area contributed by atoms with E-state index in [0.717, 1.165) is 47.2 Å². The number of carbonyl (C=O) groups excluding carboxylic acids is 2. The Morgan fingerprint density at radius 2 is 1.97 bits per heavy atom. The van der Waals surface area contributed by atoms with E-state index in [2.05, 4.69) is 11.6 Å². The van der Waals surface area contributed by atoms with Crippen LogP contribution >= 0.6 is 0 Å². The van der Waals surface area contributed by atoms with Gasteiger partial charge in [-0.05, 0) is 62.6 Å². The molecule has 2 aromatic heterocycles. The highest BCUT2D eigenvalue weighted by Crippen LogP contribution is 2.73.